The number of fused-ring (bicyclic) bond motifs is 1. The highest BCUT2D eigenvalue weighted by atomic mass is 16.1. The minimum atomic E-state index is 0.000634. The van der Waals surface area contributed by atoms with E-state index in [2.05, 4.69) is 16.4 Å². The lowest BCUT2D eigenvalue weighted by atomic mass is 10.2. The van der Waals surface area contributed by atoms with Crippen LogP contribution in [-0.2, 0) is 17.8 Å². The van der Waals surface area contributed by atoms with Crippen LogP contribution in [0.5, 0.6) is 0 Å². The number of amides is 1. The largest absolute Gasteiger partial charge is 0.354 e. The maximum absolute atomic E-state index is 12.0. The van der Waals surface area contributed by atoms with Gasteiger partial charge in [-0.2, -0.15) is 0 Å². The van der Waals surface area contributed by atoms with E-state index < -0.39 is 0 Å². The van der Waals surface area contributed by atoms with Crippen molar-refractivity contribution in [1.29, 1.82) is 0 Å². The molecule has 1 amide bonds. The number of aromatic nitrogens is 2. The van der Waals surface area contributed by atoms with Gasteiger partial charge in [0.15, 0.2) is 0 Å². The van der Waals surface area contributed by atoms with Crippen LogP contribution in [0.15, 0.2) is 54.9 Å². The van der Waals surface area contributed by atoms with Crippen LogP contribution < -0.4 is 5.32 Å². The number of benzene rings is 1. The van der Waals surface area contributed by atoms with E-state index in [-0.39, 0.29) is 5.91 Å². The zero-order valence-corrected chi connectivity index (χ0v) is 11.6. The average molecular weight is 278 g/mol. The van der Waals surface area contributed by atoms with Gasteiger partial charge in [0.1, 0.15) is 6.54 Å². The van der Waals surface area contributed by atoms with Crippen LogP contribution in [0.3, 0.4) is 0 Å². The Morgan fingerprint density at radius 2 is 2.05 bits per heavy atom. The summed E-state index contributed by atoms with van der Waals surface area (Å²) in [6, 6.07) is 16.9. The molecule has 0 saturated carbocycles. The molecular weight excluding hydrogens is 262 g/mol. The Hall–Kier alpha value is -2.62. The van der Waals surface area contributed by atoms with E-state index in [0.29, 0.717) is 13.1 Å². The van der Waals surface area contributed by atoms with E-state index in [4.69, 9.17) is 0 Å². The number of hydrogen-bond acceptors (Lipinski definition) is 2. The predicted molar refractivity (Wildman–Crippen MR) is 81.7 cm³/mol. The zero-order chi connectivity index (χ0) is 14.5. The summed E-state index contributed by atoms with van der Waals surface area (Å²) >= 11 is 0. The molecule has 4 nitrogen and oxygen atoms in total. The van der Waals surface area contributed by atoms with Gasteiger partial charge in [0.05, 0.1) is 0 Å². The van der Waals surface area contributed by atoms with E-state index in [9.17, 15) is 4.79 Å². The Balaban J connectivity index is 1.55. The first kappa shape index (κ1) is 13.4. The number of carbonyl (C=O) groups excluding carboxylic acids is 1. The summed E-state index contributed by atoms with van der Waals surface area (Å²) in [5.41, 5.74) is 2.01. The second-order valence-corrected chi connectivity index (χ2v) is 4.84. The molecule has 0 unspecified atom stereocenters. The molecule has 0 aliphatic carbocycles. The SMILES string of the molecule is O=C(Cn1c[c]c2ccccc21)NCCc1ccccn1. The van der Waals surface area contributed by atoms with Crippen LogP contribution >= 0.6 is 0 Å². The van der Waals surface area contributed by atoms with Crippen molar-refractivity contribution in [2.45, 2.75) is 13.0 Å². The van der Waals surface area contributed by atoms with Gasteiger partial charge in [-0.25, -0.2) is 0 Å². The van der Waals surface area contributed by atoms with Crippen LogP contribution in [0.25, 0.3) is 10.9 Å². The quantitative estimate of drug-likeness (QED) is 0.777. The van der Waals surface area contributed by atoms with Crippen LogP contribution in [0.4, 0.5) is 0 Å². The second kappa shape index (κ2) is 6.22. The molecule has 0 aliphatic heterocycles. The predicted octanol–water partition coefficient (Wildman–Crippen LogP) is 2.20. The van der Waals surface area contributed by atoms with Gasteiger partial charge in [0.2, 0.25) is 5.91 Å². The van der Waals surface area contributed by atoms with Gasteiger partial charge in [0, 0.05) is 48.0 Å². The average Bonchev–Trinajstić information content (AvgIpc) is 2.92. The number of rotatable bonds is 5. The van der Waals surface area contributed by atoms with Gasteiger partial charge in [-0.15, -0.1) is 0 Å². The van der Waals surface area contributed by atoms with Crippen molar-refractivity contribution in [3.05, 3.63) is 66.6 Å². The molecule has 4 heteroatoms. The Bertz CT molecular complexity index is 734. The number of nitrogens with zero attached hydrogens (tertiary/aromatic N) is 2. The minimum Gasteiger partial charge on any atom is -0.354 e. The monoisotopic (exact) mass is 278 g/mol. The lowest BCUT2D eigenvalue weighted by Crippen LogP contribution is -2.29. The maximum atomic E-state index is 12.0. The van der Waals surface area contributed by atoms with Crippen molar-refractivity contribution in [2.24, 2.45) is 0 Å². The highest BCUT2D eigenvalue weighted by Gasteiger charge is 2.05. The van der Waals surface area contributed by atoms with Crippen LogP contribution in [0.1, 0.15) is 5.69 Å². The van der Waals surface area contributed by atoms with Gasteiger partial charge in [0.25, 0.3) is 0 Å². The van der Waals surface area contributed by atoms with Gasteiger partial charge >= 0.3 is 0 Å². The fraction of sp³-hybridized carbons (Fsp3) is 0.176. The Morgan fingerprint density at radius 1 is 1.19 bits per heavy atom. The molecule has 0 spiro atoms. The molecule has 1 N–H and O–H groups in total. The first-order chi connectivity index (χ1) is 10.3. The van der Waals surface area contributed by atoms with Crippen LogP contribution in [0.2, 0.25) is 0 Å². The van der Waals surface area contributed by atoms with Crippen LogP contribution in [0, 0.1) is 6.07 Å². The first-order valence-electron chi connectivity index (χ1n) is 6.95. The summed E-state index contributed by atoms with van der Waals surface area (Å²) < 4.78 is 1.91. The molecule has 105 valence electrons. The highest BCUT2D eigenvalue weighted by molar-refractivity contribution is 5.82. The lowest BCUT2D eigenvalue weighted by Gasteiger charge is -2.07. The first-order valence-corrected chi connectivity index (χ1v) is 6.95. The van der Waals surface area contributed by atoms with Gasteiger partial charge in [-0.3, -0.25) is 9.78 Å². The smallest absolute Gasteiger partial charge is 0.239 e. The molecule has 2 heterocycles. The van der Waals surface area contributed by atoms with Crippen molar-refractivity contribution in [3.8, 4) is 0 Å². The molecule has 0 aliphatic rings. The standard InChI is InChI=1S/C17H16N3O/c21-17(19-11-8-15-6-3-4-10-18-15)13-20-12-9-14-5-1-2-7-16(14)20/h1-7,10,12H,8,11,13H2,(H,19,21). The number of carbonyl (C=O) groups is 1. The molecule has 3 rings (SSSR count). The third-order valence-corrected chi connectivity index (χ3v) is 3.33. The van der Waals surface area contributed by atoms with E-state index in [1.54, 1.807) is 6.20 Å². The fourth-order valence-electron chi connectivity index (χ4n) is 2.28. The lowest BCUT2D eigenvalue weighted by molar-refractivity contribution is -0.121. The van der Waals surface area contributed by atoms with Crippen molar-refractivity contribution < 1.29 is 4.79 Å². The van der Waals surface area contributed by atoms with Crippen LogP contribution in [-0.4, -0.2) is 22.0 Å². The number of hydrogen-bond donors (Lipinski definition) is 1. The van der Waals surface area contributed by atoms with E-state index in [0.717, 1.165) is 23.0 Å². The summed E-state index contributed by atoms with van der Waals surface area (Å²) in [5, 5.41) is 3.95. The molecule has 0 bridgehead atoms. The zero-order valence-electron chi connectivity index (χ0n) is 11.6. The van der Waals surface area contributed by atoms with Gasteiger partial charge in [-0.1, -0.05) is 24.3 Å². The molecular formula is C17H16N3O. The van der Waals surface area contributed by atoms with E-state index in [1.165, 1.54) is 0 Å². The second-order valence-electron chi connectivity index (χ2n) is 4.84. The highest BCUT2D eigenvalue weighted by Crippen LogP contribution is 2.13. The van der Waals surface area contributed by atoms with E-state index >= 15 is 0 Å². The van der Waals surface area contributed by atoms with E-state index in [1.807, 2.05) is 53.2 Å². The summed E-state index contributed by atoms with van der Waals surface area (Å²) in [7, 11) is 0. The summed E-state index contributed by atoms with van der Waals surface area (Å²) in [6.07, 6.45) is 4.33. The molecule has 0 saturated heterocycles. The Kier molecular flexibility index (Phi) is 3.96. The Labute approximate surface area is 123 Å². The number of nitrogens with one attached hydrogen (secondary N) is 1. The Morgan fingerprint density at radius 3 is 2.90 bits per heavy atom. The number of pyridine rings is 1. The van der Waals surface area contributed by atoms with Gasteiger partial charge < -0.3 is 9.88 Å². The molecule has 21 heavy (non-hydrogen) atoms. The van der Waals surface area contributed by atoms with Crippen molar-refractivity contribution >= 4 is 16.8 Å². The third kappa shape index (κ3) is 3.28. The molecule has 1 aromatic carbocycles. The summed E-state index contributed by atoms with van der Waals surface area (Å²) in [5.74, 6) is 0.000634. The van der Waals surface area contributed by atoms with Crippen molar-refractivity contribution in [3.63, 3.8) is 0 Å². The summed E-state index contributed by atoms with van der Waals surface area (Å²) in [4.78, 5) is 16.2. The van der Waals surface area contributed by atoms with Gasteiger partial charge in [-0.05, 0) is 18.2 Å². The number of para-hydroxylation sites is 1. The van der Waals surface area contributed by atoms with Crippen molar-refractivity contribution in [1.82, 2.24) is 14.9 Å². The third-order valence-electron chi connectivity index (χ3n) is 3.33. The minimum absolute atomic E-state index is 0.000634. The molecule has 2 aromatic heterocycles. The molecule has 0 fully saturated rings. The topological polar surface area (TPSA) is 46.9 Å². The molecule has 0 atom stereocenters. The molecule has 1 radical (unpaired) electrons. The fourth-order valence-corrected chi connectivity index (χ4v) is 2.28. The summed E-state index contributed by atoms with van der Waals surface area (Å²) in [6.45, 7) is 0.908. The maximum Gasteiger partial charge on any atom is 0.239 e. The van der Waals surface area contributed by atoms with Crippen molar-refractivity contribution in [2.75, 3.05) is 6.54 Å². The molecule has 3 aromatic rings. The normalized spacial score (nSPS) is 10.7.